The van der Waals surface area contributed by atoms with Crippen LogP contribution in [0.5, 0.6) is 0 Å². The molecule has 0 saturated carbocycles. The predicted molar refractivity (Wildman–Crippen MR) is 106 cm³/mol. The van der Waals surface area contributed by atoms with Crippen molar-refractivity contribution in [2.45, 2.75) is 13.3 Å². The van der Waals surface area contributed by atoms with E-state index in [0.29, 0.717) is 43.0 Å². The summed E-state index contributed by atoms with van der Waals surface area (Å²) in [6.45, 7) is 4.39. The molecule has 3 rings (SSSR count). The van der Waals surface area contributed by atoms with Crippen molar-refractivity contribution in [3.63, 3.8) is 0 Å². The Labute approximate surface area is 160 Å². The highest BCUT2D eigenvalue weighted by Gasteiger charge is 2.23. The number of anilines is 1. The second kappa shape index (κ2) is 8.72. The molecule has 0 aromatic heterocycles. The topological polar surface area (TPSA) is 66.6 Å². The van der Waals surface area contributed by atoms with Crippen LogP contribution in [0.4, 0.5) is 5.69 Å². The molecule has 2 N–H and O–H groups in total. The average Bonchev–Trinajstić information content (AvgIpc) is 2.87. The van der Waals surface area contributed by atoms with E-state index >= 15 is 0 Å². The number of hydrogen-bond donors (Lipinski definition) is 1. The van der Waals surface area contributed by atoms with Crippen LogP contribution < -0.4 is 5.73 Å². The Balaban J connectivity index is 0.00000243. The highest BCUT2D eigenvalue weighted by atomic mass is 35.5. The molecule has 0 bridgehead atoms. The van der Waals surface area contributed by atoms with E-state index in [1.807, 2.05) is 41.0 Å². The molecule has 138 valence electrons. The van der Waals surface area contributed by atoms with Crippen LogP contribution in [0.1, 0.15) is 32.7 Å². The van der Waals surface area contributed by atoms with Crippen LogP contribution in [-0.2, 0) is 0 Å². The van der Waals surface area contributed by atoms with Gasteiger partial charge in [0.05, 0.1) is 0 Å². The van der Waals surface area contributed by atoms with Crippen LogP contribution in [0.3, 0.4) is 0 Å². The zero-order chi connectivity index (χ0) is 17.8. The summed E-state index contributed by atoms with van der Waals surface area (Å²) in [7, 11) is 0. The molecule has 1 saturated heterocycles. The van der Waals surface area contributed by atoms with E-state index in [2.05, 4.69) is 0 Å². The molecule has 1 aliphatic rings. The molecule has 1 heterocycles. The fourth-order valence-corrected chi connectivity index (χ4v) is 3.09. The van der Waals surface area contributed by atoms with E-state index in [9.17, 15) is 9.59 Å². The van der Waals surface area contributed by atoms with Gasteiger partial charge in [0, 0.05) is 43.0 Å². The summed E-state index contributed by atoms with van der Waals surface area (Å²) in [5.74, 6) is 0.0235. The maximum atomic E-state index is 12.7. The van der Waals surface area contributed by atoms with Crippen molar-refractivity contribution < 1.29 is 9.59 Å². The van der Waals surface area contributed by atoms with Crippen LogP contribution in [0.25, 0.3) is 0 Å². The van der Waals surface area contributed by atoms with Gasteiger partial charge in [-0.15, -0.1) is 12.4 Å². The third kappa shape index (κ3) is 4.55. The zero-order valence-electron chi connectivity index (χ0n) is 14.9. The molecule has 5 nitrogen and oxygen atoms in total. The maximum absolute atomic E-state index is 12.7. The van der Waals surface area contributed by atoms with Crippen LogP contribution >= 0.6 is 12.4 Å². The fourth-order valence-electron chi connectivity index (χ4n) is 3.09. The molecular weight excluding hydrogens is 350 g/mol. The normalized spacial score (nSPS) is 14.3. The van der Waals surface area contributed by atoms with Gasteiger partial charge in [-0.05, 0) is 49.7 Å². The summed E-state index contributed by atoms with van der Waals surface area (Å²) < 4.78 is 0. The highest BCUT2D eigenvalue weighted by molar-refractivity contribution is 5.95. The van der Waals surface area contributed by atoms with E-state index in [1.165, 1.54) is 0 Å². The molecule has 1 fully saturated rings. The van der Waals surface area contributed by atoms with E-state index in [-0.39, 0.29) is 24.2 Å². The van der Waals surface area contributed by atoms with Gasteiger partial charge in [0.15, 0.2) is 0 Å². The minimum atomic E-state index is -0.00939. The van der Waals surface area contributed by atoms with Gasteiger partial charge < -0.3 is 15.5 Å². The summed E-state index contributed by atoms with van der Waals surface area (Å²) in [5.41, 5.74) is 8.73. The Bertz CT molecular complexity index is 777. The molecule has 0 radical (unpaired) electrons. The number of hydrogen-bond acceptors (Lipinski definition) is 3. The van der Waals surface area contributed by atoms with Gasteiger partial charge in [0.25, 0.3) is 11.8 Å². The number of carbonyl (C=O) groups excluding carboxylic acids is 2. The lowest BCUT2D eigenvalue weighted by molar-refractivity contribution is 0.0718. The summed E-state index contributed by atoms with van der Waals surface area (Å²) in [6, 6.07) is 14.6. The summed E-state index contributed by atoms with van der Waals surface area (Å²) in [4.78, 5) is 29.0. The summed E-state index contributed by atoms with van der Waals surface area (Å²) in [6.07, 6.45) is 0.776. The number of amides is 2. The predicted octanol–water partition coefficient (Wildman–Crippen LogP) is 2.99. The summed E-state index contributed by atoms with van der Waals surface area (Å²) in [5, 5.41) is 0. The molecular formula is C20H24ClN3O2. The van der Waals surface area contributed by atoms with Crippen molar-refractivity contribution in [2.24, 2.45) is 0 Å². The second-order valence-electron chi connectivity index (χ2n) is 6.43. The van der Waals surface area contributed by atoms with Gasteiger partial charge in [-0.3, -0.25) is 9.59 Å². The van der Waals surface area contributed by atoms with Crippen molar-refractivity contribution in [2.75, 3.05) is 31.9 Å². The van der Waals surface area contributed by atoms with Crippen molar-refractivity contribution in [3.05, 3.63) is 65.2 Å². The number of halogens is 1. The third-order valence-electron chi connectivity index (χ3n) is 4.49. The molecule has 26 heavy (non-hydrogen) atoms. The average molecular weight is 374 g/mol. The fraction of sp³-hybridized carbons (Fsp3) is 0.300. The monoisotopic (exact) mass is 373 g/mol. The van der Waals surface area contributed by atoms with E-state index in [1.54, 1.807) is 24.3 Å². The Morgan fingerprint density at radius 2 is 1.42 bits per heavy atom. The third-order valence-corrected chi connectivity index (χ3v) is 4.49. The number of carbonyl (C=O) groups is 2. The number of aryl methyl sites for hydroxylation is 1. The Kier molecular flexibility index (Phi) is 6.64. The van der Waals surface area contributed by atoms with Gasteiger partial charge in [-0.2, -0.15) is 0 Å². The van der Waals surface area contributed by atoms with Gasteiger partial charge in [0.1, 0.15) is 0 Å². The van der Waals surface area contributed by atoms with Crippen molar-refractivity contribution in [3.8, 4) is 0 Å². The lowest BCUT2D eigenvalue weighted by Gasteiger charge is -2.22. The summed E-state index contributed by atoms with van der Waals surface area (Å²) >= 11 is 0. The smallest absolute Gasteiger partial charge is 0.253 e. The number of nitrogens with zero attached hydrogens (tertiary/aromatic N) is 2. The van der Waals surface area contributed by atoms with E-state index in [4.69, 9.17) is 5.73 Å². The number of benzene rings is 2. The quantitative estimate of drug-likeness (QED) is 0.823. The van der Waals surface area contributed by atoms with Gasteiger partial charge in [-0.1, -0.05) is 17.7 Å². The van der Waals surface area contributed by atoms with E-state index < -0.39 is 0 Å². The Hall–Kier alpha value is -2.53. The van der Waals surface area contributed by atoms with Crippen LogP contribution in [0.15, 0.2) is 48.5 Å². The Morgan fingerprint density at radius 1 is 0.846 bits per heavy atom. The zero-order valence-corrected chi connectivity index (χ0v) is 15.7. The Morgan fingerprint density at radius 3 is 2.00 bits per heavy atom. The molecule has 2 aromatic rings. The van der Waals surface area contributed by atoms with Crippen molar-refractivity contribution in [1.82, 2.24) is 9.80 Å². The minimum absolute atomic E-state index is 0. The first-order chi connectivity index (χ1) is 12.0. The molecule has 1 aliphatic heterocycles. The highest BCUT2D eigenvalue weighted by Crippen LogP contribution is 2.14. The molecule has 0 atom stereocenters. The van der Waals surface area contributed by atoms with Gasteiger partial charge in [0.2, 0.25) is 0 Å². The molecule has 0 unspecified atom stereocenters. The van der Waals surface area contributed by atoms with E-state index in [0.717, 1.165) is 12.0 Å². The number of nitrogen functional groups attached to an aromatic ring is 1. The van der Waals surface area contributed by atoms with Crippen LogP contribution in [0.2, 0.25) is 0 Å². The first kappa shape index (κ1) is 19.8. The molecule has 6 heteroatoms. The van der Waals surface area contributed by atoms with Crippen molar-refractivity contribution in [1.29, 1.82) is 0 Å². The number of rotatable bonds is 2. The molecule has 0 spiro atoms. The molecule has 2 amide bonds. The standard InChI is InChI=1S/C20H23N3O2.ClH/c1-15-4-2-5-17(14-15)20(25)23-11-3-10-22(12-13-23)19(24)16-6-8-18(21)9-7-16;/h2,4-9,14H,3,10-13,21H2,1H3;1H. The second-order valence-corrected chi connectivity index (χ2v) is 6.43. The molecule has 2 aromatic carbocycles. The minimum Gasteiger partial charge on any atom is -0.399 e. The lowest BCUT2D eigenvalue weighted by Crippen LogP contribution is -2.37. The SMILES string of the molecule is Cc1cccc(C(=O)N2CCCN(C(=O)c3ccc(N)cc3)CC2)c1.Cl. The van der Waals surface area contributed by atoms with Gasteiger partial charge in [-0.25, -0.2) is 0 Å². The van der Waals surface area contributed by atoms with Crippen molar-refractivity contribution >= 4 is 29.9 Å². The largest absolute Gasteiger partial charge is 0.399 e. The van der Waals surface area contributed by atoms with Gasteiger partial charge >= 0.3 is 0 Å². The number of nitrogens with two attached hydrogens (primary N) is 1. The first-order valence-electron chi connectivity index (χ1n) is 8.55. The lowest BCUT2D eigenvalue weighted by atomic mass is 10.1. The maximum Gasteiger partial charge on any atom is 0.253 e. The van der Waals surface area contributed by atoms with Crippen LogP contribution in [0, 0.1) is 6.92 Å². The molecule has 0 aliphatic carbocycles. The first-order valence-corrected chi connectivity index (χ1v) is 8.55. The van der Waals surface area contributed by atoms with Crippen LogP contribution in [-0.4, -0.2) is 47.8 Å².